The molecule has 2 amide bonds. The summed E-state index contributed by atoms with van der Waals surface area (Å²) in [6.07, 6.45) is 2.52. The average molecular weight is 385 g/mol. The Morgan fingerprint density at radius 3 is 2.67 bits per heavy atom. The van der Waals surface area contributed by atoms with Crippen molar-refractivity contribution in [3.05, 3.63) is 58.6 Å². The Labute approximate surface area is 163 Å². The van der Waals surface area contributed by atoms with Gasteiger partial charge >= 0.3 is 0 Å². The lowest BCUT2D eigenvalue weighted by Gasteiger charge is -2.28. The van der Waals surface area contributed by atoms with Gasteiger partial charge in [-0.3, -0.25) is 9.59 Å². The standard InChI is InChI=1S/C21H21ClN2O3/c1-24(21(26)13-9-10-13)18-8-3-2-5-15(18)20(25)23-17-11-12-27-19-14(17)6-4-7-16(19)22/h2-8,13,17H,9-12H2,1H3,(H,23,25)/t17-/m0/s1. The topological polar surface area (TPSA) is 58.6 Å². The summed E-state index contributed by atoms with van der Waals surface area (Å²) in [5.74, 6) is 0.581. The van der Waals surface area contributed by atoms with Crippen molar-refractivity contribution in [1.29, 1.82) is 0 Å². The van der Waals surface area contributed by atoms with E-state index in [1.807, 2.05) is 30.3 Å². The first-order valence-corrected chi connectivity index (χ1v) is 9.52. The number of ether oxygens (including phenoxy) is 1. The molecule has 1 fully saturated rings. The predicted molar refractivity (Wildman–Crippen MR) is 104 cm³/mol. The molecule has 0 unspecified atom stereocenters. The second-order valence-electron chi connectivity index (χ2n) is 7.01. The lowest BCUT2D eigenvalue weighted by atomic mass is 9.99. The van der Waals surface area contributed by atoms with E-state index in [9.17, 15) is 9.59 Å². The van der Waals surface area contributed by atoms with Crippen molar-refractivity contribution in [1.82, 2.24) is 5.32 Å². The minimum Gasteiger partial charge on any atom is -0.492 e. The molecule has 0 spiro atoms. The van der Waals surface area contributed by atoms with Crippen LogP contribution < -0.4 is 15.0 Å². The van der Waals surface area contributed by atoms with E-state index in [0.29, 0.717) is 35.1 Å². The number of para-hydroxylation sites is 2. The Kier molecular flexibility index (Phi) is 4.79. The molecule has 1 atom stereocenters. The van der Waals surface area contributed by atoms with E-state index in [0.717, 1.165) is 18.4 Å². The molecule has 0 saturated heterocycles. The number of rotatable bonds is 4. The van der Waals surface area contributed by atoms with Gasteiger partial charge in [0, 0.05) is 24.9 Å². The molecule has 0 aromatic heterocycles. The van der Waals surface area contributed by atoms with Crippen LogP contribution in [-0.4, -0.2) is 25.5 Å². The number of nitrogens with zero attached hydrogens (tertiary/aromatic N) is 1. The molecule has 6 heteroatoms. The number of carbonyl (C=O) groups excluding carboxylic acids is 2. The van der Waals surface area contributed by atoms with Crippen LogP contribution >= 0.6 is 11.6 Å². The summed E-state index contributed by atoms with van der Waals surface area (Å²) in [5.41, 5.74) is 2.00. The zero-order valence-corrected chi connectivity index (χ0v) is 15.8. The van der Waals surface area contributed by atoms with Crippen molar-refractivity contribution in [2.45, 2.75) is 25.3 Å². The zero-order valence-electron chi connectivity index (χ0n) is 15.1. The van der Waals surface area contributed by atoms with E-state index < -0.39 is 0 Å². The maximum Gasteiger partial charge on any atom is 0.253 e. The molecule has 5 nitrogen and oxygen atoms in total. The van der Waals surface area contributed by atoms with Crippen molar-refractivity contribution in [3.63, 3.8) is 0 Å². The summed E-state index contributed by atoms with van der Waals surface area (Å²) in [4.78, 5) is 27.1. The molecule has 27 heavy (non-hydrogen) atoms. The quantitative estimate of drug-likeness (QED) is 0.867. The summed E-state index contributed by atoms with van der Waals surface area (Å²) in [5, 5.41) is 3.63. The van der Waals surface area contributed by atoms with Gasteiger partial charge < -0.3 is 15.0 Å². The van der Waals surface area contributed by atoms with Crippen LogP contribution in [0.2, 0.25) is 5.02 Å². The monoisotopic (exact) mass is 384 g/mol. The number of hydrogen-bond acceptors (Lipinski definition) is 3. The minimum absolute atomic E-state index is 0.0680. The number of carbonyl (C=O) groups is 2. The van der Waals surface area contributed by atoms with Crippen molar-refractivity contribution in [3.8, 4) is 5.75 Å². The third-order valence-electron chi connectivity index (χ3n) is 5.10. The molecular weight excluding hydrogens is 364 g/mol. The van der Waals surface area contributed by atoms with Crippen molar-refractivity contribution >= 4 is 29.1 Å². The number of amides is 2. The minimum atomic E-state index is -0.209. The van der Waals surface area contributed by atoms with Crippen LogP contribution in [0.5, 0.6) is 5.75 Å². The molecule has 140 valence electrons. The van der Waals surface area contributed by atoms with E-state index in [-0.39, 0.29) is 23.8 Å². The highest BCUT2D eigenvalue weighted by atomic mass is 35.5. The molecule has 1 aliphatic carbocycles. The highest BCUT2D eigenvalue weighted by Crippen LogP contribution is 2.38. The fourth-order valence-corrected chi connectivity index (χ4v) is 3.69. The fourth-order valence-electron chi connectivity index (χ4n) is 3.45. The lowest BCUT2D eigenvalue weighted by Crippen LogP contribution is -2.34. The maximum absolute atomic E-state index is 13.0. The highest BCUT2D eigenvalue weighted by molar-refractivity contribution is 6.32. The third-order valence-corrected chi connectivity index (χ3v) is 5.40. The second kappa shape index (κ2) is 7.24. The van der Waals surface area contributed by atoms with Gasteiger partial charge in [0.05, 0.1) is 28.9 Å². The van der Waals surface area contributed by atoms with Gasteiger partial charge in [-0.1, -0.05) is 35.9 Å². The molecule has 0 radical (unpaired) electrons. The van der Waals surface area contributed by atoms with Gasteiger partial charge in [0.25, 0.3) is 5.91 Å². The first kappa shape index (κ1) is 17.9. The predicted octanol–water partition coefficient (Wildman–Crippen LogP) is 3.97. The lowest BCUT2D eigenvalue weighted by molar-refractivity contribution is -0.119. The molecule has 1 saturated carbocycles. The van der Waals surface area contributed by atoms with Crippen molar-refractivity contribution in [2.24, 2.45) is 5.92 Å². The summed E-state index contributed by atoms with van der Waals surface area (Å²) in [6.45, 7) is 0.489. The summed E-state index contributed by atoms with van der Waals surface area (Å²) < 4.78 is 5.66. The zero-order chi connectivity index (χ0) is 19.0. The second-order valence-corrected chi connectivity index (χ2v) is 7.42. The van der Waals surface area contributed by atoms with Crippen LogP contribution in [0, 0.1) is 5.92 Å². The van der Waals surface area contributed by atoms with Gasteiger partial charge in [-0.05, 0) is 31.0 Å². The fraction of sp³-hybridized carbons (Fsp3) is 0.333. The van der Waals surface area contributed by atoms with E-state index in [2.05, 4.69) is 5.32 Å². The largest absolute Gasteiger partial charge is 0.492 e. The number of halogens is 1. The number of fused-ring (bicyclic) bond motifs is 1. The summed E-state index contributed by atoms with van der Waals surface area (Å²) >= 11 is 6.22. The number of benzene rings is 2. The van der Waals surface area contributed by atoms with Gasteiger partial charge in [-0.25, -0.2) is 0 Å². The number of nitrogens with one attached hydrogen (secondary N) is 1. The van der Waals surface area contributed by atoms with Crippen molar-refractivity contribution < 1.29 is 14.3 Å². The Morgan fingerprint density at radius 1 is 1.11 bits per heavy atom. The average Bonchev–Trinajstić information content (AvgIpc) is 3.53. The van der Waals surface area contributed by atoms with Gasteiger partial charge in [0.2, 0.25) is 5.91 Å². The smallest absolute Gasteiger partial charge is 0.253 e. The van der Waals surface area contributed by atoms with Gasteiger partial charge in [-0.2, -0.15) is 0 Å². The van der Waals surface area contributed by atoms with Crippen LogP contribution in [0.1, 0.15) is 41.2 Å². The van der Waals surface area contributed by atoms with Crippen molar-refractivity contribution in [2.75, 3.05) is 18.6 Å². The van der Waals surface area contributed by atoms with E-state index >= 15 is 0 Å². The van der Waals surface area contributed by atoms with Crippen LogP contribution in [0.25, 0.3) is 0 Å². The first-order chi connectivity index (χ1) is 13.1. The molecule has 2 aromatic rings. The molecule has 0 bridgehead atoms. The van der Waals surface area contributed by atoms with Gasteiger partial charge in [-0.15, -0.1) is 0 Å². The summed E-state index contributed by atoms with van der Waals surface area (Å²) in [6, 6.07) is 12.6. The van der Waals surface area contributed by atoms with E-state index in [4.69, 9.17) is 16.3 Å². The van der Waals surface area contributed by atoms with Gasteiger partial charge in [0.1, 0.15) is 5.75 Å². The molecular formula is C21H21ClN2O3. The van der Waals surface area contributed by atoms with Crippen LogP contribution in [0.15, 0.2) is 42.5 Å². The molecule has 1 aliphatic heterocycles. The normalized spacial score (nSPS) is 18.2. The SMILES string of the molecule is CN(C(=O)C1CC1)c1ccccc1C(=O)N[C@H]1CCOc2c(Cl)cccc21. The van der Waals surface area contributed by atoms with Crippen LogP contribution in [-0.2, 0) is 4.79 Å². The van der Waals surface area contributed by atoms with E-state index in [1.165, 1.54) is 0 Å². The molecule has 2 aliphatic rings. The maximum atomic E-state index is 13.0. The molecule has 4 rings (SSSR count). The van der Waals surface area contributed by atoms with E-state index in [1.54, 1.807) is 24.1 Å². The molecule has 2 aromatic carbocycles. The summed E-state index contributed by atoms with van der Waals surface area (Å²) in [7, 11) is 1.73. The molecule has 1 N–H and O–H groups in total. The van der Waals surface area contributed by atoms with Crippen LogP contribution in [0.4, 0.5) is 5.69 Å². The van der Waals surface area contributed by atoms with Crippen LogP contribution in [0.3, 0.4) is 0 Å². The third kappa shape index (κ3) is 3.52. The Hall–Kier alpha value is -2.53. The first-order valence-electron chi connectivity index (χ1n) is 9.15. The Bertz CT molecular complexity index is 895. The number of hydrogen-bond donors (Lipinski definition) is 1. The Balaban J connectivity index is 1.58. The molecule has 1 heterocycles. The highest BCUT2D eigenvalue weighted by Gasteiger charge is 2.34. The number of anilines is 1. The van der Waals surface area contributed by atoms with Gasteiger partial charge in [0.15, 0.2) is 0 Å². The Morgan fingerprint density at radius 2 is 1.89 bits per heavy atom.